The number of nitrogens with one attached hydrogen (secondary N) is 1. The SMILES string of the molecule is CCN(CC(=O)NC(C)(C)C)C(=O)C=Cc1ccc(C(=O)OC)cc1. The van der Waals surface area contributed by atoms with E-state index in [4.69, 9.17) is 0 Å². The van der Waals surface area contributed by atoms with Crippen LogP contribution in [0.2, 0.25) is 0 Å². The zero-order chi connectivity index (χ0) is 19.0. The van der Waals surface area contributed by atoms with Crippen molar-refractivity contribution < 1.29 is 19.1 Å². The maximum Gasteiger partial charge on any atom is 0.337 e. The minimum Gasteiger partial charge on any atom is -0.465 e. The molecule has 1 N–H and O–H groups in total. The maximum absolute atomic E-state index is 12.3. The van der Waals surface area contributed by atoms with Gasteiger partial charge in [-0.05, 0) is 51.5 Å². The van der Waals surface area contributed by atoms with Crippen molar-refractivity contribution >= 4 is 23.9 Å². The van der Waals surface area contributed by atoms with Gasteiger partial charge in [-0.3, -0.25) is 9.59 Å². The van der Waals surface area contributed by atoms with E-state index >= 15 is 0 Å². The van der Waals surface area contributed by atoms with Gasteiger partial charge in [0.25, 0.3) is 0 Å². The second-order valence-electron chi connectivity index (χ2n) is 6.60. The van der Waals surface area contributed by atoms with Crippen LogP contribution in [0.3, 0.4) is 0 Å². The van der Waals surface area contributed by atoms with Crippen LogP contribution in [0.25, 0.3) is 6.08 Å². The lowest BCUT2D eigenvalue weighted by Gasteiger charge is -2.24. The molecule has 6 nitrogen and oxygen atoms in total. The zero-order valence-electron chi connectivity index (χ0n) is 15.5. The van der Waals surface area contributed by atoms with Gasteiger partial charge in [-0.25, -0.2) is 4.79 Å². The number of hydrogen-bond donors (Lipinski definition) is 1. The second kappa shape index (κ2) is 9.01. The van der Waals surface area contributed by atoms with Crippen LogP contribution < -0.4 is 5.32 Å². The number of nitrogens with zero attached hydrogens (tertiary/aromatic N) is 1. The molecule has 6 heteroatoms. The molecule has 0 saturated carbocycles. The molecule has 1 rings (SSSR count). The predicted octanol–water partition coefficient (Wildman–Crippen LogP) is 2.25. The summed E-state index contributed by atoms with van der Waals surface area (Å²) in [5.41, 5.74) is 0.882. The number of ether oxygens (including phenoxy) is 1. The molecule has 2 amide bonds. The molecule has 1 aromatic carbocycles. The van der Waals surface area contributed by atoms with Crippen molar-refractivity contribution in [2.75, 3.05) is 20.2 Å². The first-order chi connectivity index (χ1) is 11.7. The number of benzene rings is 1. The lowest BCUT2D eigenvalue weighted by atomic mass is 10.1. The molecule has 0 bridgehead atoms. The Labute approximate surface area is 148 Å². The summed E-state index contributed by atoms with van der Waals surface area (Å²) in [5.74, 6) is -0.851. The van der Waals surface area contributed by atoms with Crippen molar-refractivity contribution in [2.45, 2.75) is 33.2 Å². The average molecular weight is 346 g/mol. The van der Waals surface area contributed by atoms with Crippen LogP contribution in [0, 0.1) is 0 Å². The van der Waals surface area contributed by atoms with Gasteiger partial charge in [0.15, 0.2) is 0 Å². The first kappa shape index (κ1) is 20.4. The third kappa shape index (κ3) is 7.20. The lowest BCUT2D eigenvalue weighted by Crippen LogP contribution is -2.47. The van der Waals surface area contributed by atoms with Crippen molar-refractivity contribution in [1.82, 2.24) is 10.2 Å². The molecule has 0 spiro atoms. The fourth-order valence-corrected chi connectivity index (χ4v) is 2.10. The van der Waals surface area contributed by atoms with Crippen LogP contribution in [-0.2, 0) is 14.3 Å². The Hall–Kier alpha value is -2.63. The van der Waals surface area contributed by atoms with E-state index in [0.29, 0.717) is 12.1 Å². The molecule has 0 atom stereocenters. The van der Waals surface area contributed by atoms with Crippen LogP contribution in [0.1, 0.15) is 43.6 Å². The Morgan fingerprint density at radius 2 is 1.76 bits per heavy atom. The third-order valence-corrected chi connectivity index (χ3v) is 3.29. The summed E-state index contributed by atoms with van der Waals surface area (Å²) in [7, 11) is 1.32. The molecule has 0 unspecified atom stereocenters. The van der Waals surface area contributed by atoms with Gasteiger partial charge >= 0.3 is 5.97 Å². The van der Waals surface area contributed by atoms with Gasteiger partial charge in [-0.1, -0.05) is 12.1 Å². The normalized spacial score (nSPS) is 11.2. The Morgan fingerprint density at radius 1 is 1.16 bits per heavy atom. The summed E-state index contributed by atoms with van der Waals surface area (Å²) < 4.78 is 4.64. The van der Waals surface area contributed by atoms with Crippen LogP contribution in [-0.4, -0.2) is 48.4 Å². The second-order valence-corrected chi connectivity index (χ2v) is 6.60. The summed E-state index contributed by atoms with van der Waals surface area (Å²) in [6, 6.07) is 6.70. The largest absolute Gasteiger partial charge is 0.465 e. The van der Waals surface area contributed by atoms with E-state index in [-0.39, 0.29) is 23.9 Å². The zero-order valence-corrected chi connectivity index (χ0v) is 15.5. The van der Waals surface area contributed by atoms with E-state index in [1.807, 2.05) is 27.7 Å². The first-order valence-corrected chi connectivity index (χ1v) is 8.12. The molecule has 0 radical (unpaired) electrons. The smallest absolute Gasteiger partial charge is 0.337 e. The van der Waals surface area contributed by atoms with Crippen molar-refractivity contribution in [3.63, 3.8) is 0 Å². The molecular formula is C19H26N2O4. The van der Waals surface area contributed by atoms with Crippen molar-refractivity contribution in [1.29, 1.82) is 0 Å². The molecule has 0 aliphatic rings. The van der Waals surface area contributed by atoms with Gasteiger partial charge in [0.1, 0.15) is 0 Å². The van der Waals surface area contributed by atoms with E-state index in [1.54, 1.807) is 30.3 Å². The number of methoxy groups -OCH3 is 1. The molecule has 0 fully saturated rings. The number of amides is 2. The number of carbonyl (C=O) groups is 3. The Bertz CT molecular complexity index is 642. The van der Waals surface area contributed by atoms with Crippen LogP contribution >= 0.6 is 0 Å². The van der Waals surface area contributed by atoms with E-state index in [9.17, 15) is 14.4 Å². The van der Waals surface area contributed by atoms with Gasteiger partial charge in [-0.2, -0.15) is 0 Å². The minimum absolute atomic E-state index is 0.0121. The number of esters is 1. The van der Waals surface area contributed by atoms with Gasteiger partial charge in [0, 0.05) is 18.2 Å². The summed E-state index contributed by atoms with van der Waals surface area (Å²) in [6.07, 6.45) is 3.06. The Balaban J connectivity index is 2.70. The molecule has 0 heterocycles. The molecule has 0 saturated heterocycles. The highest BCUT2D eigenvalue weighted by Gasteiger charge is 2.18. The quantitative estimate of drug-likeness (QED) is 0.633. The number of hydrogen-bond acceptors (Lipinski definition) is 4. The summed E-state index contributed by atoms with van der Waals surface area (Å²) in [4.78, 5) is 37.1. The van der Waals surface area contributed by atoms with Crippen LogP contribution in [0.15, 0.2) is 30.3 Å². The van der Waals surface area contributed by atoms with Crippen LogP contribution in [0.4, 0.5) is 0 Å². The molecule has 1 aromatic rings. The van der Waals surface area contributed by atoms with E-state index in [1.165, 1.54) is 18.1 Å². The van der Waals surface area contributed by atoms with E-state index in [2.05, 4.69) is 10.1 Å². The highest BCUT2D eigenvalue weighted by atomic mass is 16.5. The lowest BCUT2D eigenvalue weighted by molar-refractivity contribution is -0.132. The number of rotatable bonds is 6. The maximum atomic E-state index is 12.3. The van der Waals surface area contributed by atoms with Crippen molar-refractivity contribution in [3.8, 4) is 0 Å². The highest BCUT2D eigenvalue weighted by molar-refractivity contribution is 5.94. The molecule has 0 aliphatic heterocycles. The van der Waals surface area contributed by atoms with Gasteiger partial charge in [-0.15, -0.1) is 0 Å². The molecule has 0 aliphatic carbocycles. The Morgan fingerprint density at radius 3 is 2.24 bits per heavy atom. The summed E-state index contributed by atoms with van der Waals surface area (Å²) >= 11 is 0. The van der Waals surface area contributed by atoms with Crippen molar-refractivity contribution in [2.24, 2.45) is 0 Å². The summed E-state index contributed by atoms with van der Waals surface area (Å²) in [5, 5.41) is 2.83. The van der Waals surface area contributed by atoms with Gasteiger partial charge in [0.2, 0.25) is 11.8 Å². The van der Waals surface area contributed by atoms with Gasteiger partial charge < -0.3 is 15.0 Å². The van der Waals surface area contributed by atoms with Gasteiger partial charge in [0.05, 0.1) is 19.2 Å². The highest BCUT2D eigenvalue weighted by Crippen LogP contribution is 2.08. The topological polar surface area (TPSA) is 75.7 Å². The number of carbonyl (C=O) groups excluding carboxylic acids is 3. The molecule has 0 aromatic heterocycles. The van der Waals surface area contributed by atoms with E-state index < -0.39 is 5.97 Å². The fraction of sp³-hybridized carbons (Fsp3) is 0.421. The summed E-state index contributed by atoms with van der Waals surface area (Å²) in [6.45, 7) is 7.93. The third-order valence-electron chi connectivity index (χ3n) is 3.29. The monoisotopic (exact) mass is 346 g/mol. The molecular weight excluding hydrogens is 320 g/mol. The Kier molecular flexibility index (Phi) is 7.36. The minimum atomic E-state index is -0.409. The standard InChI is InChI=1S/C19H26N2O4/c1-6-21(13-16(22)20-19(2,3)4)17(23)12-9-14-7-10-15(11-8-14)18(24)25-5/h7-12H,6,13H2,1-5H3,(H,20,22). The average Bonchev–Trinajstić information content (AvgIpc) is 2.55. The van der Waals surface area contributed by atoms with Crippen molar-refractivity contribution in [3.05, 3.63) is 41.5 Å². The van der Waals surface area contributed by atoms with Crippen LogP contribution in [0.5, 0.6) is 0 Å². The van der Waals surface area contributed by atoms with E-state index in [0.717, 1.165) is 5.56 Å². The molecule has 136 valence electrons. The molecule has 25 heavy (non-hydrogen) atoms. The predicted molar refractivity (Wildman–Crippen MR) is 97.0 cm³/mol. The number of likely N-dealkylation sites (N-methyl/N-ethyl adjacent to an activating group) is 1. The first-order valence-electron chi connectivity index (χ1n) is 8.12. The fourth-order valence-electron chi connectivity index (χ4n) is 2.10.